The summed E-state index contributed by atoms with van der Waals surface area (Å²) < 4.78 is 0. The first-order valence-corrected chi connectivity index (χ1v) is 1.35. The molecule has 0 atom stereocenters. The van der Waals surface area contributed by atoms with Crippen molar-refractivity contribution in [2.24, 2.45) is 0 Å². The van der Waals surface area contributed by atoms with Crippen LogP contribution in [0.15, 0.2) is 0 Å². The van der Waals surface area contributed by atoms with E-state index in [1.54, 1.807) is 0 Å². The van der Waals surface area contributed by atoms with Gasteiger partial charge in [0.2, 0.25) is 0 Å². The molecule has 42 valence electrons. The van der Waals surface area contributed by atoms with E-state index in [2.05, 4.69) is 0 Å². The number of hydrogen-bond donors (Lipinski definition) is 1. The van der Waals surface area contributed by atoms with Gasteiger partial charge in [0.1, 0.15) is 0 Å². The molecule has 0 unspecified atom stereocenters. The van der Waals surface area contributed by atoms with Crippen LogP contribution < -0.4 is 5.48 Å². The quantitative estimate of drug-likeness (QED) is 0.357. The first-order valence-electron chi connectivity index (χ1n) is 1.35. The van der Waals surface area contributed by atoms with Crippen LogP contribution in [-0.4, -0.2) is 17.5 Å². The van der Waals surface area contributed by atoms with E-state index in [0.29, 0.717) is 6.54 Å². The average molecular weight is 97.1 g/mol. The summed E-state index contributed by atoms with van der Waals surface area (Å²) in [6.07, 6.45) is 0. The molecule has 6 N–H and O–H groups in total. The van der Waals surface area contributed by atoms with E-state index in [1.165, 1.54) is 0 Å². The Bertz CT molecular complexity index is 10.8. The Morgan fingerprint density at radius 2 is 1.67 bits per heavy atom. The highest BCUT2D eigenvalue weighted by molar-refractivity contribution is 3.93. The zero-order valence-corrected chi connectivity index (χ0v) is 3.69. The standard InChI is InChI=1S/C2H7NO.2H2O/c1-2-3-4;;/h2-3H2,1H3;2*1H2. The minimum Gasteiger partial charge on any atom is -0.636 e. The van der Waals surface area contributed by atoms with E-state index in [0.717, 1.165) is 5.48 Å². The van der Waals surface area contributed by atoms with Gasteiger partial charge in [-0.1, -0.05) is 0 Å². The molecule has 0 aromatic carbocycles. The molecule has 4 nitrogen and oxygen atoms in total. The lowest BCUT2D eigenvalue weighted by molar-refractivity contribution is -0.585. The Morgan fingerprint density at radius 1 is 1.50 bits per heavy atom. The summed E-state index contributed by atoms with van der Waals surface area (Å²) in [5.41, 5.74) is 0.875. The molecule has 0 amide bonds. The lowest BCUT2D eigenvalue weighted by Crippen LogP contribution is -2.76. The first kappa shape index (κ1) is 17.0. The highest BCUT2D eigenvalue weighted by Gasteiger charge is 1.47. The zero-order chi connectivity index (χ0) is 3.41. The third kappa shape index (κ3) is 43.9. The second kappa shape index (κ2) is 21.1. The Labute approximate surface area is 36.4 Å². The predicted molar refractivity (Wildman–Crippen MR) is 23.1 cm³/mol. The van der Waals surface area contributed by atoms with Crippen molar-refractivity contribution in [3.05, 3.63) is 5.21 Å². The number of nitrogens with two attached hydrogens (primary N) is 1. The van der Waals surface area contributed by atoms with Crippen LogP contribution in [0.1, 0.15) is 6.92 Å². The summed E-state index contributed by atoms with van der Waals surface area (Å²) in [6, 6.07) is 0. The van der Waals surface area contributed by atoms with Crippen LogP contribution in [0, 0.1) is 5.21 Å². The minimum atomic E-state index is 0. The molecule has 0 saturated heterocycles. The maximum absolute atomic E-state index is 9.17. The molecule has 0 aliphatic rings. The highest BCUT2D eigenvalue weighted by Crippen LogP contribution is 1.19. The lowest BCUT2D eigenvalue weighted by Gasteiger charge is -1.89. The minimum absolute atomic E-state index is 0. The average Bonchev–Trinajstić information content (AvgIpc) is 1.37. The van der Waals surface area contributed by atoms with Crippen LogP contribution >= 0.6 is 0 Å². The van der Waals surface area contributed by atoms with Gasteiger partial charge >= 0.3 is 0 Å². The van der Waals surface area contributed by atoms with Crippen molar-refractivity contribution < 1.29 is 16.4 Å². The fourth-order valence-corrected chi connectivity index (χ4v) is 0. The number of rotatable bonds is 1. The van der Waals surface area contributed by atoms with E-state index >= 15 is 0 Å². The molecular weight excluding hydrogens is 86.0 g/mol. The Kier molecular flexibility index (Phi) is 59.6. The monoisotopic (exact) mass is 97.1 g/mol. The largest absolute Gasteiger partial charge is 0.636 e. The topological polar surface area (TPSA) is 103 Å². The van der Waals surface area contributed by atoms with Crippen LogP contribution in [0.2, 0.25) is 0 Å². The van der Waals surface area contributed by atoms with Gasteiger partial charge < -0.3 is 21.6 Å². The number of hydroxylamine groups is 1. The maximum Gasteiger partial charge on any atom is 0.0723 e. The van der Waals surface area contributed by atoms with E-state index < -0.39 is 0 Å². The molecule has 0 aromatic heterocycles. The normalized spacial score (nSPS) is 5.00. The van der Waals surface area contributed by atoms with Gasteiger partial charge in [-0.05, 0) is 6.92 Å². The van der Waals surface area contributed by atoms with Gasteiger partial charge in [-0.25, -0.2) is 0 Å². The van der Waals surface area contributed by atoms with Crippen LogP contribution in [0.4, 0.5) is 0 Å². The van der Waals surface area contributed by atoms with Crippen LogP contribution in [0.5, 0.6) is 0 Å². The second-order valence-corrected chi connectivity index (χ2v) is 0.575. The number of hydrogen-bond acceptors (Lipinski definition) is 1. The molecule has 0 aliphatic heterocycles. The molecule has 4 heteroatoms. The maximum atomic E-state index is 9.17. The molecule has 0 rings (SSSR count). The van der Waals surface area contributed by atoms with Gasteiger partial charge in [-0.2, -0.15) is 0 Å². The summed E-state index contributed by atoms with van der Waals surface area (Å²) in [7, 11) is 0. The van der Waals surface area contributed by atoms with Gasteiger partial charge in [-0.3, -0.25) is 0 Å². The molecule has 0 heterocycles. The van der Waals surface area contributed by atoms with Gasteiger partial charge in [0, 0.05) is 0 Å². The van der Waals surface area contributed by atoms with E-state index in [-0.39, 0.29) is 11.0 Å². The molecule has 0 spiro atoms. The highest BCUT2D eigenvalue weighted by atomic mass is 16.5. The van der Waals surface area contributed by atoms with E-state index in [9.17, 15) is 5.21 Å². The van der Waals surface area contributed by atoms with Crippen molar-refractivity contribution >= 4 is 0 Å². The van der Waals surface area contributed by atoms with Crippen molar-refractivity contribution in [1.82, 2.24) is 0 Å². The fourth-order valence-electron chi connectivity index (χ4n) is 0. The fraction of sp³-hybridized carbons (Fsp3) is 1.00. The van der Waals surface area contributed by atoms with Crippen LogP contribution in [0.3, 0.4) is 0 Å². The predicted octanol–water partition coefficient (Wildman–Crippen LogP) is -2.58. The summed E-state index contributed by atoms with van der Waals surface area (Å²) >= 11 is 0. The molecule has 0 saturated carbocycles. The first-order chi connectivity index (χ1) is 1.91. The second-order valence-electron chi connectivity index (χ2n) is 0.575. The van der Waals surface area contributed by atoms with Gasteiger partial charge in [0.05, 0.1) is 6.54 Å². The summed E-state index contributed by atoms with van der Waals surface area (Å²) in [5, 5.41) is 9.17. The molecule has 0 bridgehead atoms. The van der Waals surface area contributed by atoms with Gasteiger partial charge in [-0.15, -0.1) is 0 Å². The molecule has 0 radical (unpaired) electrons. The summed E-state index contributed by atoms with van der Waals surface area (Å²) in [4.78, 5) is 0. The molecule has 0 fully saturated rings. The third-order valence-corrected chi connectivity index (χ3v) is 0.167. The van der Waals surface area contributed by atoms with Crippen molar-refractivity contribution in [3.8, 4) is 0 Å². The van der Waals surface area contributed by atoms with Crippen molar-refractivity contribution in [2.45, 2.75) is 6.92 Å². The number of quaternary nitrogens is 1. The van der Waals surface area contributed by atoms with Crippen molar-refractivity contribution in [1.29, 1.82) is 0 Å². The van der Waals surface area contributed by atoms with Crippen molar-refractivity contribution in [3.63, 3.8) is 0 Å². The van der Waals surface area contributed by atoms with Gasteiger partial charge in [0.25, 0.3) is 0 Å². The van der Waals surface area contributed by atoms with Crippen molar-refractivity contribution in [2.75, 3.05) is 6.54 Å². The summed E-state index contributed by atoms with van der Waals surface area (Å²) in [5.74, 6) is 0. The van der Waals surface area contributed by atoms with E-state index in [4.69, 9.17) is 0 Å². The molecule has 0 aromatic rings. The van der Waals surface area contributed by atoms with E-state index in [1.807, 2.05) is 6.92 Å². The smallest absolute Gasteiger partial charge is 0.0723 e. The zero-order valence-electron chi connectivity index (χ0n) is 3.69. The lowest BCUT2D eigenvalue weighted by atomic mass is 10.8. The van der Waals surface area contributed by atoms with Crippen LogP contribution in [0.25, 0.3) is 0 Å². The third-order valence-electron chi connectivity index (χ3n) is 0.167. The summed E-state index contributed by atoms with van der Waals surface area (Å²) in [6.45, 7) is 2.45. The molecular formula is C2H11NO3. The van der Waals surface area contributed by atoms with Gasteiger partial charge in [0.15, 0.2) is 0 Å². The molecule has 6 heavy (non-hydrogen) atoms. The Morgan fingerprint density at radius 3 is 1.67 bits per heavy atom. The molecule has 0 aliphatic carbocycles. The Hall–Kier alpha value is -0.160. The Balaban J connectivity index is -0.0000000450. The van der Waals surface area contributed by atoms with Crippen LogP contribution in [-0.2, 0) is 0 Å². The SMILES string of the molecule is CC[NH2+][O-].O.O.